The van der Waals surface area contributed by atoms with Crippen molar-refractivity contribution in [1.82, 2.24) is 5.43 Å². The van der Waals surface area contributed by atoms with Crippen LogP contribution in [-0.4, -0.2) is 25.3 Å². The minimum atomic E-state index is -0.241. The highest BCUT2D eigenvalue weighted by atomic mass is 16.5. The number of carbonyl (C=O) groups excluding carboxylic acids is 1. The predicted molar refractivity (Wildman–Crippen MR) is 119 cm³/mol. The molecule has 2 atom stereocenters. The first-order chi connectivity index (χ1) is 14.3. The molecule has 0 heterocycles. The molecule has 1 amide bonds. The number of carbonyl (C=O) groups is 1. The Morgan fingerprint density at radius 3 is 2.47 bits per heavy atom. The second-order valence-electron chi connectivity index (χ2n) is 10.6. The van der Waals surface area contributed by atoms with Crippen molar-refractivity contribution in [3.8, 4) is 11.5 Å². The Morgan fingerprint density at radius 1 is 1.10 bits per heavy atom. The summed E-state index contributed by atoms with van der Waals surface area (Å²) in [7, 11) is 0. The van der Waals surface area contributed by atoms with E-state index in [1.54, 1.807) is 6.21 Å². The molecule has 1 N–H and O–H groups in total. The van der Waals surface area contributed by atoms with Crippen LogP contribution < -0.4 is 14.9 Å². The van der Waals surface area contributed by atoms with Gasteiger partial charge in [-0.3, -0.25) is 4.79 Å². The molecule has 4 aliphatic rings. The second-order valence-corrected chi connectivity index (χ2v) is 10.6. The minimum absolute atomic E-state index is 0.105. The Balaban J connectivity index is 1.44. The summed E-state index contributed by atoms with van der Waals surface area (Å²) >= 11 is 0. The van der Waals surface area contributed by atoms with Crippen LogP contribution in [0, 0.1) is 22.2 Å². The molecule has 0 aromatic heterocycles. The zero-order valence-corrected chi connectivity index (χ0v) is 18.9. The molecule has 0 aliphatic heterocycles. The number of benzene rings is 1. The summed E-state index contributed by atoms with van der Waals surface area (Å²) in [6.45, 7) is 10.0. The average Bonchev–Trinajstić information content (AvgIpc) is 2.64. The van der Waals surface area contributed by atoms with Crippen molar-refractivity contribution in [3.63, 3.8) is 0 Å². The van der Waals surface area contributed by atoms with Crippen molar-refractivity contribution in [1.29, 1.82) is 0 Å². The van der Waals surface area contributed by atoms with Gasteiger partial charge in [-0.05, 0) is 92.4 Å². The van der Waals surface area contributed by atoms with Crippen LogP contribution in [0.25, 0.3) is 0 Å². The zero-order chi connectivity index (χ0) is 21.4. The molecule has 5 rings (SSSR count). The van der Waals surface area contributed by atoms with Crippen molar-refractivity contribution in [2.75, 3.05) is 13.2 Å². The van der Waals surface area contributed by atoms with Gasteiger partial charge in [0.15, 0.2) is 11.5 Å². The quantitative estimate of drug-likeness (QED) is 0.464. The highest BCUT2D eigenvalue weighted by molar-refractivity contribution is 5.86. The summed E-state index contributed by atoms with van der Waals surface area (Å²) in [5, 5.41) is 4.32. The van der Waals surface area contributed by atoms with Gasteiger partial charge in [0, 0.05) is 0 Å². The molecule has 1 aromatic rings. The number of hydrogen-bond donors (Lipinski definition) is 1. The van der Waals surface area contributed by atoms with E-state index < -0.39 is 0 Å². The molecule has 5 nitrogen and oxygen atoms in total. The van der Waals surface area contributed by atoms with Crippen molar-refractivity contribution >= 4 is 12.1 Å². The number of hydrazone groups is 1. The van der Waals surface area contributed by atoms with Gasteiger partial charge in [-0.15, -0.1) is 0 Å². The Morgan fingerprint density at radius 2 is 1.83 bits per heavy atom. The lowest BCUT2D eigenvalue weighted by atomic mass is 9.40. The van der Waals surface area contributed by atoms with Gasteiger partial charge in [-0.25, -0.2) is 5.43 Å². The van der Waals surface area contributed by atoms with E-state index >= 15 is 0 Å². The topological polar surface area (TPSA) is 59.9 Å². The second kappa shape index (κ2) is 7.90. The van der Waals surface area contributed by atoms with Gasteiger partial charge in [-0.1, -0.05) is 20.8 Å². The molecular weight excluding hydrogens is 376 g/mol. The van der Waals surface area contributed by atoms with E-state index in [9.17, 15) is 4.79 Å². The number of nitrogens with one attached hydrogen (secondary N) is 1. The van der Waals surface area contributed by atoms with Gasteiger partial charge >= 0.3 is 0 Å². The van der Waals surface area contributed by atoms with Gasteiger partial charge in [0.25, 0.3) is 0 Å². The summed E-state index contributed by atoms with van der Waals surface area (Å²) in [6.07, 6.45) is 9.52. The lowest BCUT2D eigenvalue weighted by Crippen LogP contribution is -2.59. The smallest absolute Gasteiger partial charge is 0.246 e. The van der Waals surface area contributed by atoms with Crippen molar-refractivity contribution in [3.05, 3.63) is 23.8 Å². The van der Waals surface area contributed by atoms with Gasteiger partial charge < -0.3 is 9.47 Å². The fourth-order valence-electron chi connectivity index (χ4n) is 7.19. The molecule has 4 fully saturated rings. The van der Waals surface area contributed by atoms with Crippen LogP contribution >= 0.6 is 0 Å². The predicted octanol–water partition coefficient (Wildman–Crippen LogP) is 5.32. The summed E-state index contributed by atoms with van der Waals surface area (Å²) in [6, 6.07) is 5.76. The van der Waals surface area contributed by atoms with E-state index in [0.717, 1.165) is 37.0 Å². The molecule has 164 valence electrons. The van der Waals surface area contributed by atoms with Crippen LogP contribution in [0.15, 0.2) is 23.3 Å². The highest BCUT2D eigenvalue weighted by Crippen LogP contribution is 2.69. The van der Waals surface area contributed by atoms with Gasteiger partial charge in [-0.2, -0.15) is 5.10 Å². The van der Waals surface area contributed by atoms with Crippen LogP contribution in [-0.2, 0) is 4.79 Å². The van der Waals surface area contributed by atoms with Crippen molar-refractivity contribution in [2.24, 2.45) is 27.3 Å². The Bertz CT molecular complexity index is 816. The molecule has 4 bridgehead atoms. The average molecular weight is 413 g/mol. The third-order valence-corrected chi connectivity index (χ3v) is 7.22. The first-order valence-corrected chi connectivity index (χ1v) is 11.5. The highest BCUT2D eigenvalue weighted by Gasteiger charge is 2.62. The fourth-order valence-corrected chi connectivity index (χ4v) is 7.19. The lowest BCUT2D eigenvalue weighted by Gasteiger charge is -2.64. The van der Waals surface area contributed by atoms with Crippen LogP contribution in [0.4, 0.5) is 0 Å². The van der Waals surface area contributed by atoms with Crippen molar-refractivity contribution in [2.45, 2.75) is 72.6 Å². The van der Waals surface area contributed by atoms with E-state index in [-0.39, 0.29) is 11.3 Å². The molecule has 1 aromatic carbocycles. The summed E-state index contributed by atoms with van der Waals surface area (Å²) < 4.78 is 11.5. The first kappa shape index (κ1) is 21.2. The van der Waals surface area contributed by atoms with E-state index in [1.165, 1.54) is 19.3 Å². The molecule has 30 heavy (non-hydrogen) atoms. The molecule has 2 unspecified atom stereocenters. The van der Waals surface area contributed by atoms with E-state index in [0.29, 0.717) is 35.7 Å². The third kappa shape index (κ3) is 4.08. The monoisotopic (exact) mass is 412 g/mol. The molecule has 4 aliphatic carbocycles. The number of hydrogen-bond acceptors (Lipinski definition) is 4. The van der Waals surface area contributed by atoms with E-state index in [4.69, 9.17) is 9.47 Å². The maximum Gasteiger partial charge on any atom is 0.246 e. The number of rotatable bonds is 8. The van der Waals surface area contributed by atoms with Crippen LogP contribution in [0.5, 0.6) is 11.5 Å². The molecule has 0 saturated heterocycles. The van der Waals surface area contributed by atoms with Crippen LogP contribution in [0.1, 0.15) is 78.2 Å². The first-order valence-electron chi connectivity index (χ1n) is 11.5. The van der Waals surface area contributed by atoms with Crippen LogP contribution in [0.2, 0.25) is 0 Å². The fraction of sp³-hybridized carbons (Fsp3) is 0.680. The Labute approximate surface area is 180 Å². The maximum atomic E-state index is 13.2. The Hall–Kier alpha value is -2.04. The normalized spacial score (nSPS) is 34.3. The largest absolute Gasteiger partial charge is 0.490 e. The SMILES string of the molecule is CCCOc1ccc(/C=N/NC(=O)C23CC4CC(C)(CC(C)(C4)C2)C3)cc1OCC. The summed E-state index contributed by atoms with van der Waals surface area (Å²) in [5.74, 6) is 2.25. The zero-order valence-electron chi connectivity index (χ0n) is 18.9. The standard InChI is InChI=1S/C25H36N2O3/c1-5-9-30-20-8-7-18(10-21(20)29-6-2)14-26-27-22(28)25-13-19-11-23(3,16-25)15-24(4,12-19)17-25/h7-8,10,14,19H,5-6,9,11-13,15-17H2,1-4H3,(H,27,28)/b26-14+. The van der Waals surface area contributed by atoms with Gasteiger partial charge in [0.2, 0.25) is 5.91 Å². The summed E-state index contributed by atoms with van der Waals surface area (Å²) in [5.41, 5.74) is 4.15. The molecule has 0 spiro atoms. The number of ether oxygens (including phenoxy) is 2. The molecule has 5 heteroatoms. The Kier molecular flexibility index (Phi) is 5.58. The summed E-state index contributed by atoms with van der Waals surface area (Å²) in [4.78, 5) is 13.2. The lowest BCUT2D eigenvalue weighted by molar-refractivity contribution is -0.170. The van der Waals surface area contributed by atoms with Crippen LogP contribution in [0.3, 0.4) is 0 Å². The number of nitrogens with zero attached hydrogens (tertiary/aromatic N) is 1. The molecular formula is C25H36N2O3. The maximum absolute atomic E-state index is 13.2. The van der Waals surface area contributed by atoms with Gasteiger partial charge in [0.1, 0.15) is 0 Å². The third-order valence-electron chi connectivity index (χ3n) is 7.22. The number of amides is 1. The molecule has 0 radical (unpaired) electrons. The van der Waals surface area contributed by atoms with Gasteiger partial charge in [0.05, 0.1) is 24.8 Å². The minimum Gasteiger partial charge on any atom is -0.490 e. The van der Waals surface area contributed by atoms with E-state index in [2.05, 4.69) is 31.3 Å². The van der Waals surface area contributed by atoms with E-state index in [1.807, 2.05) is 25.1 Å². The molecule has 4 saturated carbocycles. The van der Waals surface area contributed by atoms with Crippen molar-refractivity contribution < 1.29 is 14.3 Å².